The maximum atomic E-state index is 12.5. The molecular weight excluding hydrogens is 292 g/mol. The van der Waals surface area contributed by atoms with Gasteiger partial charge >= 0.3 is 0 Å². The summed E-state index contributed by atoms with van der Waals surface area (Å²) in [6.45, 7) is 1.93. The van der Waals surface area contributed by atoms with Crippen LogP contribution in [0.4, 0.5) is 5.69 Å². The summed E-state index contributed by atoms with van der Waals surface area (Å²) in [5, 5.41) is 8.48. The summed E-state index contributed by atoms with van der Waals surface area (Å²) in [7, 11) is 3.83. The Bertz CT molecular complexity index is 720. The molecule has 2 saturated heterocycles. The lowest BCUT2D eigenvalue weighted by atomic mass is 9.96. The quantitative estimate of drug-likeness (QED) is 0.845. The van der Waals surface area contributed by atoms with E-state index in [4.69, 9.17) is 0 Å². The van der Waals surface area contributed by atoms with Gasteiger partial charge in [0.25, 0.3) is 0 Å². The zero-order chi connectivity index (χ0) is 16.0. The Hall–Kier alpha value is -2.15. The molecule has 2 aliphatic heterocycles. The highest BCUT2D eigenvalue weighted by Gasteiger charge is 2.43. The van der Waals surface area contributed by atoms with E-state index in [-0.39, 0.29) is 11.9 Å². The first kappa shape index (κ1) is 14.4. The number of hydrogen-bond donors (Lipinski definition) is 0. The van der Waals surface area contributed by atoms with E-state index in [2.05, 4.69) is 21.3 Å². The highest BCUT2D eigenvalue weighted by molar-refractivity contribution is 5.94. The molecule has 2 aliphatic rings. The van der Waals surface area contributed by atoms with Gasteiger partial charge in [0.1, 0.15) is 0 Å². The second kappa shape index (κ2) is 5.49. The lowest BCUT2D eigenvalue weighted by molar-refractivity contribution is -0.120. The van der Waals surface area contributed by atoms with Gasteiger partial charge in [-0.3, -0.25) is 19.1 Å². The van der Waals surface area contributed by atoms with Crippen molar-refractivity contribution in [3.63, 3.8) is 0 Å². The molecule has 2 aromatic rings. The molecule has 0 saturated carbocycles. The van der Waals surface area contributed by atoms with Gasteiger partial charge in [0.05, 0.1) is 24.1 Å². The van der Waals surface area contributed by atoms with Gasteiger partial charge in [0.2, 0.25) is 5.91 Å². The number of carbonyl (C=O) groups excluding carboxylic acids is 1. The van der Waals surface area contributed by atoms with Crippen LogP contribution in [0, 0.1) is 0 Å². The molecule has 4 rings (SSSR count). The van der Waals surface area contributed by atoms with Crippen molar-refractivity contribution in [2.24, 2.45) is 14.1 Å². The van der Waals surface area contributed by atoms with Crippen molar-refractivity contribution in [1.29, 1.82) is 0 Å². The van der Waals surface area contributed by atoms with Crippen LogP contribution >= 0.6 is 0 Å². The van der Waals surface area contributed by atoms with Crippen LogP contribution in [0.5, 0.6) is 0 Å². The third-order valence-corrected chi connectivity index (χ3v) is 4.99. The Morgan fingerprint density at radius 1 is 1.09 bits per heavy atom. The summed E-state index contributed by atoms with van der Waals surface area (Å²) in [5.74, 6) is 0.225. The number of anilines is 1. The number of piperidine rings is 1. The number of carbonyl (C=O) groups is 1. The van der Waals surface area contributed by atoms with Crippen molar-refractivity contribution in [1.82, 2.24) is 24.5 Å². The minimum absolute atomic E-state index is 0.225. The molecule has 0 unspecified atom stereocenters. The molecule has 0 bridgehead atoms. The number of likely N-dealkylation sites (tertiary alicyclic amines) is 1. The second-order valence-corrected chi connectivity index (χ2v) is 6.59. The predicted octanol–water partition coefficient (Wildman–Crippen LogP) is 0.923. The van der Waals surface area contributed by atoms with Gasteiger partial charge in [-0.1, -0.05) is 0 Å². The molecule has 4 heterocycles. The van der Waals surface area contributed by atoms with Crippen LogP contribution in [0.3, 0.4) is 0 Å². The predicted molar refractivity (Wildman–Crippen MR) is 85.7 cm³/mol. The van der Waals surface area contributed by atoms with Gasteiger partial charge in [-0.05, 0) is 12.8 Å². The van der Waals surface area contributed by atoms with Crippen LogP contribution in [-0.2, 0) is 25.4 Å². The van der Waals surface area contributed by atoms with Gasteiger partial charge in [-0.15, -0.1) is 0 Å². The third kappa shape index (κ3) is 2.55. The van der Waals surface area contributed by atoms with Crippen molar-refractivity contribution in [2.75, 3.05) is 11.4 Å². The standard InChI is InChI=1S/C16H22N6O/c1-19-9-12(7-17-19)10-21-6-5-15-14(21)3-4-16(23)22(15)13-8-18-20(2)11-13/h7-9,11,14-15H,3-6,10H2,1-2H3/t14-,15-/m1/s1. The van der Waals surface area contributed by atoms with Gasteiger partial charge in [-0.2, -0.15) is 10.2 Å². The lowest BCUT2D eigenvalue weighted by Gasteiger charge is -2.39. The van der Waals surface area contributed by atoms with Gasteiger partial charge < -0.3 is 4.90 Å². The summed E-state index contributed by atoms with van der Waals surface area (Å²) < 4.78 is 3.60. The van der Waals surface area contributed by atoms with E-state index >= 15 is 0 Å². The second-order valence-electron chi connectivity index (χ2n) is 6.59. The number of nitrogens with zero attached hydrogens (tertiary/aromatic N) is 6. The molecule has 0 radical (unpaired) electrons. The molecule has 2 aromatic heterocycles. The zero-order valence-electron chi connectivity index (χ0n) is 13.6. The van der Waals surface area contributed by atoms with E-state index < -0.39 is 0 Å². The van der Waals surface area contributed by atoms with Gasteiger partial charge in [0.15, 0.2) is 0 Å². The van der Waals surface area contributed by atoms with Gasteiger partial charge in [0, 0.05) is 57.6 Å². The van der Waals surface area contributed by atoms with Crippen LogP contribution < -0.4 is 4.90 Å². The van der Waals surface area contributed by atoms with E-state index in [0.717, 1.165) is 31.6 Å². The molecule has 7 nitrogen and oxygen atoms in total. The molecule has 1 amide bonds. The average Bonchev–Trinajstić information content (AvgIpc) is 3.21. The molecule has 23 heavy (non-hydrogen) atoms. The Labute approximate surface area is 135 Å². The Balaban J connectivity index is 1.55. The van der Waals surface area contributed by atoms with Crippen LogP contribution in [-0.4, -0.2) is 49.0 Å². The van der Waals surface area contributed by atoms with Crippen molar-refractivity contribution in [2.45, 2.75) is 37.9 Å². The van der Waals surface area contributed by atoms with Crippen molar-refractivity contribution in [3.05, 3.63) is 30.4 Å². The first-order valence-corrected chi connectivity index (χ1v) is 8.14. The largest absolute Gasteiger partial charge is 0.305 e. The molecule has 0 aliphatic carbocycles. The molecule has 2 atom stereocenters. The molecule has 0 N–H and O–H groups in total. The first-order chi connectivity index (χ1) is 11.1. The summed E-state index contributed by atoms with van der Waals surface area (Å²) in [6, 6.07) is 0.685. The summed E-state index contributed by atoms with van der Waals surface area (Å²) in [6.07, 6.45) is 10.3. The van der Waals surface area contributed by atoms with Crippen LogP contribution in [0.1, 0.15) is 24.8 Å². The molecule has 0 spiro atoms. The monoisotopic (exact) mass is 314 g/mol. The summed E-state index contributed by atoms with van der Waals surface area (Å²) in [5.41, 5.74) is 2.16. The average molecular weight is 314 g/mol. The van der Waals surface area contributed by atoms with Gasteiger partial charge in [-0.25, -0.2) is 0 Å². The number of fused-ring (bicyclic) bond motifs is 1. The van der Waals surface area contributed by atoms with Crippen molar-refractivity contribution < 1.29 is 4.79 Å². The van der Waals surface area contributed by atoms with E-state index in [0.29, 0.717) is 12.5 Å². The number of hydrogen-bond acceptors (Lipinski definition) is 4. The molecule has 2 fully saturated rings. The maximum absolute atomic E-state index is 12.5. The SMILES string of the molecule is Cn1cc(CN2CC[C@@H]3[C@H]2CCC(=O)N3c2cnn(C)c2)cn1. The minimum atomic E-state index is 0.225. The molecule has 122 valence electrons. The molecular formula is C16H22N6O. The van der Waals surface area contributed by atoms with E-state index in [1.807, 2.05) is 36.1 Å². The van der Waals surface area contributed by atoms with Crippen LogP contribution in [0.25, 0.3) is 0 Å². The number of aryl methyl sites for hydroxylation is 2. The minimum Gasteiger partial charge on any atom is -0.305 e. The third-order valence-electron chi connectivity index (χ3n) is 4.99. The smallest absolute Gasteiger partial charge is 0.227 e. The van der Waals surface area contributed by atoms with Crippen molar-refractivity contribution >= 4 is 11.6 Å². The molecule has 0 aromatic carbocycles. The normalized spacial score (nSPS) is 25.1. The number of aromatic nitrogens is 4. The first-order valence-electron chi connectivity index (χ1n) is 8.14. The fourth-order valence-electron chi connectivity index (χ4n) is 4.01. The Kier molecular flexibility index (Phi) is 3.45. The maximum Gasteiger partial charge on any atom is 0.227 e. The summed E-state index contributed by atoms with van der Waals surface area (Å²) >= 11 is 0. The molecule has 7 heteroatoms. The number of amides is 1. The summed E-state index contributed by atoms with van der Waals surface area (Å²) in [4.78, 5) is 16.9. The Morgan fingerprint density at radius 2 is 1.87 bits per heavy atom. The Morgan fingerprint density at radius 3 is 2.57 bits per heavy atom. The lowest BCUT2D eigenvalue weighted by Crippen LogP contribution is -2.52. The highest BCUT2D eigenvalue weighted by Crippen LogP contribution is 2.35. The van der Waals surface area contributed by atoms with Crippen LogP contribution in [0.15, 0.2) is 24.8 Å². The van der Waals surface area contributed by atoms with Crippen molar-refractivity contribution in [3.8, 4) is 0 Å². The van der Waals surface area contributed by atoms with E-state index in [9.17, 15) is 4.79 Å². The zero-order valence-corrected chi connectivity index (χ0v) is 13.6. The highest BCUT2D eigenvalue weighted by atomic mass is 16.2. The van der Waals surface area contributed by atoms with E-state index in [1.165, 1.54) is 5.56 Å². The number of rotatable bonds is 3. The fraction of sp³-hybridized carbons (Fsp3) is 0.562. The van der Waals surface area contributed by atoms with Crippen LogP contribution in [0.2, 0.25) is 0 Å². The van der Waals surface area contributed by atoms with E-state index in [1.54, 1.807) is 10.9 Å². The topological polar surface area (TPSA) is 59.2 Å². The fourth-order valence-corrected chi connectivity index (χ4v) is 4.01.